The van der Waals surface area contributed by atoms with Gasteiger partial charge in [-0.05, 0) is 37.6 Å². The van der Waals surface area contributed by atoms with Gasteiger partial charge >= 0.3 is 0 Å². The van der Waals surface area contributed by atoms with Crippen molar-refractivity contribution in [1.29, 1.82) is 0 Å². The molecule has 0 saturated heterocycles. The number of nitrogens with one attached hydrogen (secondary N) is 1. The summed E-state index contributed by atoms with van der Waals surface area (Å²) in [6, 6.07) is 14.2. The van der Waals surface area contributed by atoms with Crippen LogP contribution >= 0.6 is 0 Å². The summed E-state index contributed by atoms with van der Waals surface area (Å²) in [7, 11) is 3.33. The van der Waals surface area contributed by atoms with Crippen molar-refractivity contribution in [2.45, 2.75) is 32.0 Å². The minimum atomic E-state index is -0.434. The molecule has 0 radical (unpaired) electrons. The van der Waals surface area contributed by atoms with E-state index in [2.05, 4.69) is 42.5 Å². The third-order valence-corrected chi connectivity index (χ3v) is 5.28. The second-order valence-corrected chi connectivity index (χ2v) is 6.74. The third-order valence-electron chi connectivity index (χ3n) is 5.28. The number of hydrogen-bond acceptors (Lipinski definition) is 5. The highest BCUT2D eigenvalue weighted by Gasteiger charge is 2.46. The molecule has 0 aromatic heterocycles. The monoisotopic (exact) mass is 352 g/mol. The second kappa shape index (κ2) is 6.25. The van der Waals surface area contributed by atoms with E-state index in [4.69, 9.17) is 14.2 Å². The third kappa shape index (κ3) is 2.51. The lowest BCUT2D eigenvalue weighted by atomic mass is 9.98. The van der Waals surface area contributed by atoms with Crippen molar-refractivity contribution in [3.63, 3.8) is 0 Å². The summed E-state index contributed by atoms with van der Waals surface area (Å²) in [5.74, 6) is 2.49. The molecule has 0 spiro atoms. The van der Waals surface area contributed by atoms with Gasteiger partial charge in [-0.25, -0.2) is 0 Å². The summed E-state index contributed by atoms with van der Waals surface area (Å²) < 4.78 is 17.2. The van der Waals surface area contributed by atoms with E-state index in [-0.39, 0.29) is 6.04 Å². The van der Waals surface area contributed by atoms with Gasteiger partial charge in [-0.15, -0.1) is 0 Å². The van der Waals surface area contributed by atoms with Crippen LogP contribution in [0.5, 0.6) is 17.2 Å². The van der Waals surface area contributed by atoms with Crippen molar-refractivity contribution < 1.29 is 14.2 Å². The Morgan fingerprint density at radius 2 is 1.96 bits per heavy atom. The maximum atomic E-state index is 6.34. The normalized spacial score (nSPS) is 24.0. The molecule has 2 aliphatic rings. The van der Waals surface area contributed by atoms with Crippen molar-refractivity contribution >= 4 is 5.70 Å². The summed E-state index contributed by atoms with van der Waals surface area (Å²) in [6.45, 7) is 4.25. The molecule has 26 heavy (non-hydrogen) atoms. The highest BCUT2D eigenvalue weighted by Crippen LogP contribution is 2.46. The lowest BCUT2D eigenvalue weighted by Crippen LogP contribution is -2.57. The van der Waals surface area contributed by atoms with Crippen LogP contribution in [-0.4, -0.2) is 25.0 Å². The van der Waals surface area contributed by atoms with E-state index in [0.29, 0.717) is 0 Å². The molecule has 0 bridgehead atoms. The van der Waals surface area contributed by atoms with Crippen molar-refractivity contribution in [2.75, 3.05) is 14.2 Å². The predicted molar refractivity (Wildman–Crippen MR) is 101 cm³/mol. The van der Waals surface area contributed by atoms with Crippen molar-refractivity contribution in [3.8, 4) is 17.2 Å². The van der Waals surface area contributed by atoms with Crippen LogP contribution in [-0.2, 0) is 0 Å². The van der Waals surface area contributed by atoms with Gasteiger partial charge in [0, 0.05) is 17.2 Å². The van der Waals surface area contributed by atoms with Crippen molar-refractivity contribution in [3.05, 3.63) is 59.7 Å². The van der Waals surface area contributed by atoms with Crippen LogP contribution in [0.4, 0.5) is 0 Å². The molecule has 0 fully saturated rings. The Labute approximate surface area is 154 Å². The van der Waals surface area contributed by atoms with Gasteiger partial charge in [0.1, 0.15) is 17.2 Å². The van der Waals surface area contributed by atoms with Crippen LogP contribution in [0.25, 0.3) is 5.70 Å². The number of ether oxygens (including phenoxy) is 3. The topological polar surface area (TPSA) is 43.0 Å². The molecule has 0 saturated carbocycles. The Hall–Kier alpha value is -2.66. The highest BCUT2D eigenvalue weighted by molar-refractivity contribution is 5.72. The smallest absolute Gasteiger partial charge is 0.177 e. The molecule has 2 heterocycles. The molecule has 0 amide bonds. The van der Waals surface area contributed by atoms with Crippen LogP contribution in [0.2, 0.25) is 0 Å². The van der Waals surface area contributed by atoms with E-state index in [0.717, 1.165) is 40.5 Å². The molecule has 2 aromatic carbocycles. The van der Waals surface area contributed by atoms with E-state index >= 15 is 0 Å². The maximum absolute atomic E-state index is 6.34. The number of nitrogens with zero attached hydrogens (tertiary/aromatic N) is 1. The zero-order valence-electron chi connectivity index (χ0n) is 15.6. The Balaban J connectivity index is 1.79. The molecule has 2 aromatic rings. The molecular formula is C21H24N2O3. The average Bonchev–Trinajstić information content (AvgIpc) is 3.14. The average molecular weight is 352 g/mol. The number of rotatable bonds is 4. The largest absolute Gasteiger partial charge is 0.497 e. The van der Waals surface area contributed by atoms with E-state index in [1.54, 1.807) is 14.2 Å². The number of methoxy groups -OCH3 is 2. The summed E-state index contributed by atoms with van der Waals surface area (Å²) in [6.07, 6.45) is 3.09. The van der Waals surface area contributed by atoms with Crippen LogP contribution in [0.1, 0.15) is 37.4 Å². The molecule has 5 nitrogen and oxygen atoms in total. The molecule has 2 atom stereocenters. The predicted octanol–water partition coefficient (Wildman–Crippen LogP) is 4.12. The first-order chi connectivity index (χ1) is 12.6. The molecule has 0 aliphatic carbocycles. The van der Waals surface area contributed by atoms with Crippen molar-refractivity contribution in [2.24, 2.45) is 0 Å². The summed E-state index contributed by atoms with van der Waals surface area (Å²) in [5.41, 5.74) is 6.29. The number of para-hydroxylation sites is 1. The van der Waals surface area contributed by atoms with Gasteiger partial charge in [-0.2, -0.15) is 5.01 Å². The highest BCUT2D eigenvalue weighted by atomic mass is 16.5. The Kier molecular flexibility index (Phi) is 4.04. The van der Waals surface area contributed by atoms with Gasteiger partial charge in [0.05, 0.1) is 26.0 Å². The minimum Gasteiger partial charge on any atom is -0.497 e. The first-order valence-electron chi connectivity index (χ1n) is 8.88. The fourth-order valence-electron chi connectivity index (χ4n) is 3.63. The van der Waals surface area contributed by atoms with E-state index in [9.17, 15) is 0 Å². The number of hydrazine groups is 1. The molecular weight excluding hydrogens is 328 g/mol. The first kappa shape index (κ1) is 16.8. The quantitative estimate of drug-likeness (QED) is 0.896. The first-order valence-corrected chi connectivity index (χ1v) is 8.88. The van der Waals surface area contributed by atoms with Gasteiger partial charge < -0.3 is 19.6 Å². The molecule has 0 unspecified atom stereocenters. The fourth-order valence-corrected chi connectivity index (χ4v) is 3.63. The number of benzene rings is 2. The number of hydrogen-bond donors (Lipinski definition) is 1. The van der Waals surface area contributed by atoms with E-state index in [1.807, 2.05) is 30.3 Å². The fraction of sp³-hybridized carbons (Fsp3) is 0.333. The Morgan fingerprint density at radius 3 is 2.69 bits per heavy atom. The molecule has 4 rings (SSSR count). The van der Waals surface area contributed by atoms with Crippen LogP contribution in [0.3, 0.4) is 0 Å². The lowest BCUT2D eigenvalue weighted by molar-refractivity contribution is -0.119. The van der Waals surface area contributed by atoms with E-state index < -0.39 is 5.72 Å². The molecule has 136 valence electrons. The van der Waals surface area contributed by atoms with Crippen LogP contribution in [0, 0.1) is 0 Å². The maximum Gasteiger partial charge on any atom is 0.177 e. The SMILES string of the molecule is CC[C@]1(C)Oc2ccccc2[C@@H]2C=C(c3ccc(OC)cc3OC)NN21. The second-order valence-electron chi connectivity index (χ2n) is 6.74. The minimum absolute atomic E-state index is 0.103. The van der Waals surface area contributed by atoms with Crippen molar-refractivity contribution in [1.82, 2.24) is 10.4 Å². The van der Waals surface area contributed by atoms with Gasteiger partial charge in [-0.1, -0.05) is 25.1 Å². The van der Waals surface area contributed by atoms with Gasteiger partial charge in [0.2, 0.25) is 0 Å². The molecule has 1 N–H and O–H groups in total. The van der Waals surface area contributed by atoms with Gasteiger partial charge in [0.25, 0.3) is 0 Å². The number of fused-ring (bicyclic) bond motifs is 3. The molecule has 2 aliphatic heterocycles. The zero-order chi connectivity index (χ0) is 18.3. The summed E-state index contributed by atoms with van der Waals surface area (Å²) in [5, 5.41) is 2.19. The summed E-state index contributed by atoms with van der Waals surface area (Å²) in [4.78, 5) is 0. The Bertz CT molecular complexity index is 864. The molecule has 5 heteroatoms. The van der Waals surface area contributed by atoms with Crippen LogP contribution < -0.4 is 19.6 Å². The van der Waals surface area contributed by atoms with Gasteiger partial charge in [0.15, 0.2) is 5.72 Å². The van der Waals surface area contributed by atoms with Gasteiger partial charge in [-0.3, -0.25) is 0 Å². The van der Waals surface area contributed by atoms with E-state index in [1.165, 1.54) is 0 Å². The zero-order valence-corrected chi connectivity index (χ0v) is 15.6. The van der Waals surface area contributed by atoms with Crippen LogP contribution in [0.15, 0.2) is 48.5 Å². The standard InChI is InChI=1S/C21H24N2O3/c1-5-21(2)23-18(16-8-6-7-9-19(16)26-21)13-17(22-23)15-11-10-14(24-3)12-20(15)25-4/h6-13,18,22H,5H2,1-4H3/t18-,21-/m0/s1. The Morgan fingerprint density at radius 1 is 1.15 bits per heavy atom. The summed E-state index contributed by atoms with van der Waals surface area (Å²) >= 11 is 0. The lowest BCUT2D eigenvalue weighted by Gasteiger charge is -2.46.